The van der Waals surface area contributed by atoms with Gasteiger partial charge in [0.05, 0.1) is 11.6 Å². The molecule has 104 valence electrons. The SMILES string of the molecule is O=C(NC(CCl)c1ccccc1)c1ccc(O)cc1F. The number of phenols is 1. The third-order valence-electron chi connectivity index (χ3n) is 2.86. The molecule has 0 aliphatic rings. The van der Waals surface area contributed by atoms with Gasteiger partial charge in [0.25, 0.3) is 5.91 Å². The molecule has 20 heavy (non-hydrogen) atoms. The Kier molecular flexibility index (Phi) is 4.58. The van der Waals surface area contributed by atoms with E-state index in [0.717, 1.165) is 11.6 Å². The molecule has 0 saturated carbocycles. The van der Waals surface area contributed by atoms with E-state index in [4.69, 9.17) is 16.7 Å². The van der Waals surface area contributed by atoms with E-state index in [9.17, 15) is 9.18 Å². The van der Waals surface area contributed by atoms with Gasteiger partial charge < -0.3 is 10.4 Å². The van der Waals surface area contributed by atoms with Gasteiger partial charge in [-0.2, -0.15) is 0 Å². The molecule has 5 heteroatoms. The first-order valence-corrected chi connectivity index (χ1v) is 6.55. The van der Waals surface area contributed by atoms with E-state index in [1.54, 1.807) is 0 Å². The molecule has 1 amide bonds. The summed E-state index contributed by atoms with van der Waals surface area (Å²) in [5.74, 6) is -1.40. The smallest absolute Gasteiger partial charge is 0.254 e. The number of phenolic OH excluding ortho intramolecular Hbond substituents is 1. The van der Waals surface area contributed by atoms with Crippen LogP contribution in [0.4, 0.5) is 4.39 Å². The molecule has 2 N–H and O–H groups in total. The van der Waals surface area contributed by atoms with Gasteiger partial charge in [0.2, 0.25) is 0 Å². The molecule has 0 heterocycles. The molecule has 2 rings (SSSR count). The van der Waals surface area contributed by atoms with Crippen molar-refractivity contribution in [3.05, 3.63) is 65.5 Å². The fourth-order valence-electron chi connectivity index (χ4n) is 1.82. The maximum absolute atomic E-state index is 13.6. The van der Waals surface area contributed by atoms with Crippen LogP contribution in [0.5, 0.6) is 5.75 Å². The average Bonchev–Trinajstić information content (AvgIpc) is 2.45. The quantitative estimate of drug-likeness (QED) is 0.850. The minimum absolute atomic E-state index is 0.131. The molecule has 3 nitrogen and oxygen atoms in total. The number of rotatable bonds is 4. The molecule has 1 unspecified atom stereocenters. The van der Waals surface area contributed by atoms with Crippen LogP contribution in [-0.2, 0) is 0 Å². The van der Waals surface area contributed by atoms with Crippen molar-refractivity contribution in [2.24, 2.45) is 0 Å². The normalized spacial score (nSPS) is 11.9. The third kappa shape index (κ3) is 3.27. The van der Waals surface area contributed by atoms with Crippen molar-refractivity contribution in [3.63, 3.8) is 0 Å². The van der Waals surface area contributed by atoms with Gasteiger partial charge >= 0.3 is 0 Å². The maximum atomic E-state index is 13.6. The zero-order chi connectivity index (χ0) is 14.5. The molecule has 0 saturated heterocycles. The van der Waals surface area contributed by atoms with Crippen LogP contribution < -0.4 is 5.32 Å². The number of carbonyl (C=O) groups is 1. The van der Waals surface area contributed by atoms with Gasteiger partial charge in [0.1, 0.15) is 11.6 Å². The van der Waals surface area contributed by atoms with E-state index < -0.39 is 17.8 Å². The van der Waals surface area contributed by atoms with Gasteiger partial charge in [0.15, 0.2) is 0 Å². The van der Waals surface area contributed by atoms with Gasteiger partial charge in [-0.15, -0.1) is 11.6 Å². The molecule has 0 aliphatic heterocycles. The number of carbonyl (C=O) groups excluding carboxylic acids is 1. The molecule has 0 spiro atoms. The van der Waals surface area contributed by atoms with Crippen molar-refractivity contribution in [2.75, 3.05) is 5.88 Å². The lowest BCUT2D eigenvalue weighted by atomic mass is 10.1. The van der Waals surface area contributed by atoms with Crippen molar-refractivity contribution in [2.45, 2.75) is 6.04 Å². The maximum Gasteiger partial charge on any atom is 0.254 e. The summed E-state index contributed by atoms with van der Waals surface area (Å²) in [7, 11) is 0. The predicted molar refractivity (Wildman–Crippen MR) is 75.4 cm³/mol. The lowest BCUT2D eigenvalue weighted by Crippen LogP contribution is -2.30. The first-order chi connectivity index (χ1) is 9.61. The van der Waals surface area contributed by atoms with Gasteiger partial charge in [0, 0.05) is 11.9 Å². The predicted octanol–water partition coefficient (Wildman–Crippen LogP) is 3.24. The first kappa shape index (κ1) is 14.3. The Bertz CT molecular complexity index is 604. The Morgan fingerprint density at radius 3 is 2.55 bits per heavy atom. The molecule has 0 aromatic heterocycles. The van der Waals surface area contributed by atoms with Crippen molar-refractivity contribution >= 4 is 17.5 Å². The van der Waals surface area contributed by atoms with E-state index >= 15 is 0 Å². The highest BCUT2D eigenvalue weighted by atomic mass is 35.5. The Morgan fingerprint density at radius 1 is 1.25 bits per heavy atom. The number of benzene rings is 2. The third-order valence-corrected chi connectivity index (χ3v) is 3.17. The highest BCUT2D eigenvalue weighted by Gasteiger charge is 2.17. The molecule has 1 atom stereocenters. The molecular formula is C15H13ClFNO2. The van der Waals surface area contributed by atoms with Gasteiger partial charge in [-0.05, 0) is 17.7 Å². The highest BCUT2D eigenvalue weighted by molar-refractivity contribution is 6.18. The lowest BCUT2D eigenvalue weighted by Gasteiger charge is -2.16. The van der Waals surface area contributed by atoms with Crippen molar-refractivity contribution in [1.82, 2.24) is 5.32 Å². The van der Waals surface area contributed by atoms with Crippen LogP contribution in [0.3, 0.4) is 0 Å². The second-order valence-electron chi connectivity index (χ2n) is 4.26. The van der Waals surface area contributed by atoms with E-state index in [2.05, 4.69) is 5.32 Å². The Labute approximate surface area is 121 Å². The summed E-state index contributed by atoms with van der Waals surface area (Å²) in [5.41, 5.74) is 0.712. The van der Waals surface area contributed by atoms with Crippen LogP contribution in [0.15, 0.2) is 48.5 Å². The van der Waals surface area contributed by atoms with Crippen LogP contribution in [0.25, 0.3) is 0 Å². The molecule has 0 aliphatic carbocycles. The Hall–Kier alpha value is -2.07. The average molecular weight is 294 g/mol. The van der Waals surface area contributed by atoms with Crippen molar-refractivity contribution in [3.8, 4) is 5.75 Å². The van der Waals surface area contributed by atoms with Gasteiger partial charge in [-0.25, -0.2) is 4.39 Å². The molecule has 0 fully saturated rings. The van der Waals surface area contributed by atoms with Crippen molar-refractivity contribution < 1.29 is 14.3 Å². The topological polar surface area (TPSA) is 49.3 Å². The number of nitrogens with one attached hydrogen (secondary N) is 1. The number of hydrogen-bond acceptors (Lipinski definition) is 2. The number of halogens is 2. The Balaban J connectivity index is 2.17. The number of aromatic hydroxyl groups is 1. The van der Waals surface area contributed by atoms with Crippen LogP contribution >= 0.6 is 11.6 Å². The number of alkyl halides is 1. The largest absolute Gasteiger partial charge is 0.508 e. The molecular weight excluding hydrogens is 281 g/mol. The summed E-state index contributed by atoms with van der Waals surface area (Å²) in [6.07, 6.45) is 0. The van der Waals surface area contributed by atoms with Crippen molar-refractivity contribution in [1.29, 1.82) is 0 Å². The molecule has 2 aromatic carbocycles. The van der Waals surface area contributed by atoms with E-state index in [1.807, 2.05) is 30.3 Å². The van der Waals surface area contributed by atoms with Crippen LogP contribution in [0.2, 0.25) is 0 Å². The van der Waals surface area contributed by atoms with Gasteiger partial charge in [-0.1, -0.05) is 30.3 Å². The minimum Gasteiger partial charge on any atom is -0.508 e. The summed E-state index contributed by atoms with van der Waals surface area (Å²) in [4.78, 5) is 12.0. The summed E-state index contributed by atoms with van der Waals surface area (Å²) < 4.78 is 13.6. The molecule has 2 aromatic rings. The number of hydrogen-bond donors (Lipinski definition) is 2. The summed E-state index contributed by atoms with van der Waals surface area (Å²) >= 11 is 5.85. The highest BCUT2D eigenvalue weighted by Crippen LogP contribution is 2.18. The zero-order valence-corrected chi connectivity index (χ0v) is 11.3. The van der Waals surface area contributed by atoms with Crippen LogP contribution in [0, 0.1) is 5.82 Å². The van der Waals surface area contributed by atoms with Crippen LogP contribution in [0.1, 0.15) is 22.0 Å². The molecule has 0 bridgehead atoms. The van der Waals surface area contributed by atoms with E-state index in [-0.39, 0.29) is 17.2 Å². The second kappa shape index (κ2) is 6.39. The van der Waals surface area contributed by atoms with Crippen LogP contribution in [-0.4, -0.2) is 16.9 Å². The van der Waals surface area contributed by atoms with E-state index in [1.165, 1.54) is 12.1 Å². The number of amides is 1. The summed E-state index contributed by atoms with van der Waals surface area (Å²) in [5, 5.41) is 11.8. The summed E-state index contributed by atoms with van der Waals surface area (Å²) in [6, 6.07) is 12.2. The minimum atomic E-state index is -0.774. The summed E-state index contributed by atoms with van der Waals surface area (Å²) in [6.45, 7) is 0. The monoisotopic (exact) mass is 293 g/mol. The van der Waals surface area contributed by atoms with Gasteiger partial charge in [-0.3, -0.25) is 4.79 Å². The fourth-order valence-corrected chi connectivity index (χ4v) is 2.08. The van der Waals surface area contributed by atoms with E-state index in [0.29, 0.717) is 0 Å². The fraction of sp³-hybridized carbons (Fsp3) is 0.133. The Morgan fingerprint density at radius 2 is 1.95 bits per heavy atom. The second-order valence-corrected chi connectivity index (χ2v) is 4.56. The zero-order valence-electron chi connectivity index (χ0n) is 10.5. The lowest BCUT2D eigenvalue weighted by molar-refractivity contribution is 0.0936. The first-order valence-electron chi connectivity index (χ1n) is 6.02. The standard InChI is InChI=1S/C15H13ClFNO2/c16-9-14(10-4-2-1-3-5-10)18-15(20)12-7-6-11(19)8-13(12)17/h1-8,14,19H,9H2,(H,18,20). The molecule has 0 radical (unpaired) electrons.